The molecule has 1 atom stereocenters. The molecule has 4 heterocycles. The van der Waals surface area contributed by atoms with Crippen molar-refractivity contribution in [2.24, 2.45) is 0 Å². The molecule has 0 spiro atoms. The van der Waals surface area contributed by atoms with Crippen molar-refractivity contribution in [1.82, 2.24) is 19.2 Å². The minimum Gasteiger partial charge on any atom is -0.254 e. The number of hydrogen-bond acceptors (Lipinski definition) is 4. The number of alkyl halides is 8. The van der Waals surface area contributed by atoms with Gasteiger partial charge in [-0.15, -0.1) is 35.0 Å². The molecule has 4 aromatic carbocycles. The van der Waals surface area contributed by atoms with Gasteiger partial charge in [0.1, 0.15) is 11.6 Å². The molecule has 5 nitrogen and oxygen atoms in total. The molecule has 0 aliphatic rings. The Hall–Kier alpha value is -5.22. The monoisotopic (exact) mass is 936 g/mol. The molecule has 1 unspecified atom stereocenters. The third-order valence-corrected chi connectivity index (χ3v) is 11.3. The molecule has 0 saturated heterocycles. The SMILES string of the molecule is C.C.ClCCl.Fc1ccc(SCc2ccn3ncc(-c4ccc(C(F)(F)F)cc4)c3c2)cc1.O=S(Cc1ccn2ncc(-c3ccc(C(F)(F)F)cc3)c2c1)c1ccc(F)cc1. The standard InChI is InChI=1S/C21H14F4N2OS.C21H14F4N2S.CH2Cl2.2CH4/c22-17-5-7-18(8-6-17)29(28)13-14-9-10-27-20(11-14)19(12-26-27)15-1-3-16(4-2-15)21(23,24)25;22-17-5-7-18(8-6-17)28-13-14-9-10-27-20(11-14)19(12-26-27)15-1-3-16(4-2-15)21(23,24)25;2-1-3;;/h1-12H,13H2;1-12H,13H2;1H2;2*1H4. The highest BCUT2D eigenvalue weighted by Gasteiger charge is 2.31. The van der Waals surface area contributed by atoms with Crippen LogP contribution in [0.1, 0.15) is 37.1 Å². The van der Waals surface area contributed by atoms with Gasteiger partial charge in [0.05, 0.1) is 56.4 Å². The Bertz CT molecular complexity index is 2690. The van der Waals surface area contributed by atoms with Crippen LogP contribution >= 0.6 is 35.0 Å². The Labute approximate surface area is 369 Å². The molecule has 4 aromatic heterocycles. The third kappa shape index (κ3) is 12.7. The summed E-state index contributed by atoms with van der Waals surface area (Å²) in [6.07, 6.45) is -1.99. The van der Waals surface area contributed by atoms with Crippen molar-refractivity contribution in [3.8, 4) is 22.3 Å². The molecule has 0 aliphatic carbocycles. The van der Waals surface area contributed by atoms with E-state index < -0.39 is 40.1 Å². The Kier molecular flexibility index (Phi) is 17.3. The Balaban J connectivity index is 0.000000249. The first kappa shape index (κ1) is 49.4. The maximum atomic E-state index is 13.0. The first-order valence-electron chi connectivity index (χ1n) is 17.5. The van der Waals surface area contributed by atoms with Gasteiger partial charge < -0.3 is 0 Å². The minimum atomic E-state index is -4.39. The second kappa shape index (κ2) is 21.7. The zero-order valence-corrected chi connectivity index (χ0v) is 33.9. The van der Waals surface area contributed by atoms with Gasteiger partial charge in [-0.1, -0.05) is 39.1 Å². The smallest absolute Gasteiger partial charge is 0.254 e. The molecule has 0 saturated carbocycles. The van der Waals surface area contributed by atoms with Crippen LogP contribution in [-0.2, 0) is 34.7 Å². The number of hydrogen-bond donors (Lipinski definition) is 0. The summed E-state index contributed by atoms with van der Waals surface area (Å²) >= 11 is 11.1. The molecular formula is C45H38Cl2F8N4OS2. The summed E-state index contributed by atoms with van der Waals surface area (Å²) in [5, 5.41) is 8.71. The van der Waals surface area contributed by atoms with Gasteiger partial charge in [-0.2, -0.15) is 36.5 Å². The molecule has 0 radical (unpaired) electrons. The molecule has 62 heavy (non-hydrogen) atoms. The zero-order chi connectivity index (χ0) is 43.0. The molecule has 8 rings (SSSR count). The number of halogens is 10. The van der Waals surface area contributed by atoms with E-state index in [1.54, 1.807) is 63.6 Å². The largest absolute Gasteiger partial charge is 0.416 e. The van der Waals surface area contributed by atoms with Gasteiger partial charge >= 0.3 is 12.4 Å². The number of thioether (sulfide) groups is 1. The highest BCUT2D eigenvalue weighted by molar-refractivity contribution is 7.98. The lowest BCUT2D eigenvalue weighted by Crippen LogP contribution is -2.03. The van der Waals surface area contributed by atoms with Gasteiger partial charge in [0.25, 0.3) is 0 Å². The lowest BCUT2D eigenvalue weighted by Gasteiger charge is -2.08. The number of nitrogens with zero attached hydrogens (tertiary/aromatic N) is 4. The van der Waals surface area contributed by atoms with Gasteiger partial charge in [-0.25, -0.2) is 17.8 Å². The lowest BCUT2D eigenvalue weighted by molar-refractivity contribution is -0.138. The Morgan fingerprint density at radius 3 is 1.42 bits per heavy atom. The highest BCUT2D eigenvalue weighted by Crippen LogP contribution is 2.34. The fourth-order valence-electron chi connectivity index (χ4n) is 5.87. The molecule has 0 N–H and O–H groups in total. The number of rotatable bonds is 8. The number of benzene rings is 4. The first-order valence-corrected chi connectivity index (χ1v) is 20.9. The summed E-state index contributed by atoms with van der Waals surface area (Å²) in [4.78, 5) is 1.47. The van der Waals surface area contributed by atoms with Gasteiger partial charge in [0, 0.05) is 39.1 Å². The first-order chi connectivity index (χ1) is 28.6. The van der Waals surface area contributed by atoms with E-state index in [4.69, 9.17) is 23.2 Å². The van der Waals surface area contributed by atoms with Gasteiger partial charge in [0.15, 0.2) is 0 Å². The van der Waals surface area contributed by atoms with Crippen LogP contribution in [0, 0.1) is 11.6 Å². The second-order valence-electron chi connectivity index (χ2n) is 12.8. The quantitative estimate of drug-likeness (QED) is 0.0865. The van der Waals surface area contributed by atoms with Gasteiger partial charge in [0.2, 0.25) is 0 Å². The maximum Gasteiger partial charge on any atom is 0.416 e. The normalized spacial score (nSPS) is 11.7. The van der Waals surface area contributed by atoms with Crippen LogP contribution in [0.15, 0.2) is 156 Å². The van der Waals surface area contributed by atoms with Crippen molar-refractivity contribution < 1.29 is 39.3 Å². The van der Waals surface area contributed by atoms with Crippen molar-refractivity contribution >= 4 is 56.8 Å². The summed E-state index contributed by atoms with van der Waals surface area (Å²) in [5.74, 6) is 0.235. The van der Waals surface area contributed by atoms with Crippen molar-refractivity contribution in [3.63, 3.8) is 0 Å². The predicted molar refractivity (Wildman–Crippen MR) is 234 cm³/mol. The fourth-order valence-corrected chi connectivity index (χ4v) is 7.80. The number of aromatic nitrogens is 4. The molecule has 0 bridgehead atoms. The van der Waals surface area contributed by atoms with Crippen LogP contribution in [0.5, 0.6) is 0 Å². The van der Waals surface area contributed by atoms with E-state index in [1.807, 2.05) is 18.3 Å². The lowest BCUT2D eigenvalue weighted by atomic mass is 10.0. The number of pyridine rings is 2. The summed E-state index contributed by atoms with van der Waals surface area (Å²) in [5.41, 5.74) is 4.64. The molecule has 0 amide bonds. The van der Waals surface area contributed by atoms with Gasteiger partial charge in [-0.05, 0) is 119 Å². The second-order valence-corrected chi connectivity index (χ2v) is 16.1. The number of fused-ring (bicyclic) bond motifs is 2. The summed E-state index contributed by atoms with van der Waals surface area (Å²) in [6.45, 7) is 0. The van der Waals surface area contributed by atoms with Crippen molar-refractivity contribution in [3.05, 3.63) is 180 Å². The molecule has 0 fully saturated rings. The van der Waals surface area contributed by atoms with Crippen molar-refractivity contribution in [1.29, 1.82) is 0 Å². The Morgan fingerprint density at radius 2 is 0.984 bits per heavy atom. The summed E-state index contributed by atoms with van der Waals surface area (Å²) in [6, 6.07) is 29.2. The summed E-state index contributed by atoms with van der Waals surface area (Å²) < 4.78 is 119. The van der Waals surface area contributed by atoms with Gasteiger partial charge in [-0.3, -0.25) is 4.21 Å². The van der Waals surface area contributed by atoms with Crippen LogP contribution in [0.25, 0.3) is 33.3 Å². The molecule has 8 aromatic rings. The minimum absolute atomic E-state index is 0. The van der Waals surface area contributed by atoms with E-state index in [1.165, 1.54) is 60.7 Å². The van der Waals surface area contributed by atoms with Crippen LogP contribution in [0.3, 0.4) is 0 Å². The topological polar surface area (TPSA) is 51.7 Å². The van der Waals surface area contributed by atoms with E-state index >= 15 is 0 Å². The zero-order valence-electron chi connectivity index (χ0n) is 30.8. The highest BCUT2D eigenvalue weighted by atomic mass is 35.5. The van der Waals surface area contributed by atoms with Crippen LogP contribution in [-0.4, -0.2) is 28.8 Å². The molecule has 0 aliphatic heterocycles. The van der Waals surface area contributed by atoms with Crippen LogP contribution < -0.4 is 0 Å². The maximum absolute atomic E-state index is 13.0. The van der Waals surface area contributed by atoms with E-state index in [9.17, 15) is 39.3 Å². The van der Waals surface area contributed by atoms with Crippen LogP contribution in [0.2, 0.25) is 0 Å². The Morgan fingerprint density at radius 1 is 0.581 bits per heavy atom. The fraction of sp³-hybridized carbons (Fsp3) is 0.156. The van der Waals surface area contributed by atoms with E-state index in [-0.39, 0.29) is 31.8 Å². The van der Waals surface area contributed by atoms with Crippen molar-refractivity contribution in [2.75, 3.05) is 5.34 Å². The van der Waals surface area contributed by atoms with Crippen molar-refractivity contribution in [2.45, 2.75) is 48.5 Å². The predicted octanol–water partition coefficient (Wildman–Crippen LogP) is 14.6. The van der Waals surface area contributed by atoms with E-state index in [0.29, 0.717) is 32.9 Å². The van der Waals surface area contributed by atoms with E-state index in [2.05, 4.69) is 10.2 Å². The summed E-state index contributed by atoms with van der Waals surface area (Å²) in [7, 11) is -1.36. The average molecular weight is 938 g/mol. The van der Waals surface area contributed by atoms with Crippen LogP contribution in [0.4, 0.5) is 35.1 Å². The molecular weight excluding hydrogens is 900 g/mol. The molecule has 326 valence electrons. The van der Waals surface area contributed by atoms with E-state index in [0.717, 1.165) is 51.4 Å². The molecule has 17 heteroatoms. The average Bonchev–Trinajstić information content (AvgIpc) is 3.85. The third-order valence-electron chi connectivity index (χ3n) is 8.81.